The number of nitrogen functional groups attached to an aromatic ring is 1. The van der Waals surface area contributed by atoms with E-state index in [0.717, 1.165) is 4.90 Å². The molecule has 2 aromatic rings. The second-order valence-electron chi connectivity index (χ2n) is 3.88. The number of nitrogens with two attached hydrogens (primary N) is 1. The van der Waals surface area contributed by atoms with Gasteiger partial charge in [-0.3, -0.25) is 4.72 Å². The van der Waals surface area contributed by atoms with Crippen molar-refractivity contribution in [1.29, 1.82) is 0 Å². The first-order valence-electron chi connectivity index (χ1n) is 5.54. The lowest BCUT2D eigenvalue weighted by molar-refractivity contribution is 0.601. The van der Waals surface area contributed by atoms with Crippen LogP contribution in [0.15, 0.2) is 58.3 Å². The molecule has 0 bridgehead atoms. The lowest BCUT2D eigenvalue weighted by atomic mass is 10.3. The number of para-hydroxylation sites is 1. The van der Waals surface area contributed by atoms with E-state index >= 15 is 0 Å². The highest BCUT2D eigenvalue weighted by Gasteiger charge is 2.15. The molecule has 3 N–H and O–H groups in total. The maximum absolute atomic E-state index is 12.2. The molecule has 2 aromatic carbocycles. The van der Waals surface area contributed by atoms with Gasteiger partial charge in [0.25, 0.3) is 10.0 Å². The number of rotatable bonds is 4. The van der Waals surface area contributed by atoms with Gasteiger partial charge in [0.2, 0.25) is 0 Å². The summed E-state index contributed by atoms with van der Waals surface area (Å²) in [6, 6.07) is 13.5. The van der Waals surface area contributed by atoms with Gasteiger partial charge in [-0.1, -0.05) is 18.2 Å². The van der Waals surface area contributed by atoms with Crippen LogP contribution in [0.5, 0.6) is 0 Å². The Morgan fingerprint density at radius 2 is 1.84 bits per heavy atom. The second-order valence-corrected chi connectivity index (χ2v) is 6.41. The fourth-order valence-electron chi connectivity index (χ4n) is 1.61. The predicted molar refractivity (Wildman–Crippen MR) is 79.9 cm³/mol. The van der Waals surface area contributed by atoms with Crippen LogP contribution in [0.4, 0.5) is 11.4 Å². The Morgan fingerprint density at radius 1 is 1.11 bits per heavy atom. The van der Waals surface area contributed by atoms with E-state index in [9.17, 15) is 8.42 Å². The third kappa shape index (κ3) is 3.21. The van der Waals surface area contributed by atoms with Gasteiger partial charge < -0.3 is 5.73 Å². The molecule has 0 aromatic heterocycles. The minimum Gasteiger partial charge on any atom is -0.399 e. The first-order chi connectivity index (χ1) is 9.03. The van der Waals surface area contributed by atoms with Gasteiger partial charge in [0.1, 0.15) is 0 Å². The molecule has 0 aliphatic heterocycles. The summed E-state index contributed by atoms with van der Waals surface area (Å²) in [6.07, 6.45) is 1.90. The number of thioether (sulfide) groups is 1. The maximum atomic E-state index is 12.2. The molecule has 0 unspecified atom stereocenters. The zero-order valence-electron chi connectivity index (χ0n) is 10.3. The summed E-state index contributed by atoms with van der Waals surface area (Å²) in [5.74, 6) is 0. The highest BCUT2D eigenvalue weighted by molar-refractivity contribution is 7.99. The van der Waals surface area contributed by atoms with E-state index in [1.807, 2.05) is 18.4 Å². The SMILES string of the molecule is CSc1ccccc1NS(=O)(=O)c1cccc(N)c1. The average molecular weight is 294 g/mol. The third-order valence-corrected chi connectivity index (χ3v) is 4.68. The summed E-state index contributed by atoms with van der Waals surface area (Å²) in [4.78, 5) is 1.03. The smallest absolute Gasteiger partial charge is 0.262 e. The Bertz CT molecular complexity index is 685. The molecule has 2 rings (SSSR count). The molecule has 0 aliphatic carbocycles. The van der Waals surface area contributed by atoms with Crippen LogP contribution in [-0.4, -0.2) is 14.7 Å². The Labute approximate surface area is 117 Å². The zero-order valence-corrected chi connectivity index (χ0v) is 12.0. The van der Waals surface area contributed by atoms with Gasteiger partial charge in [-0.15, -0.1) is 11.8 Å². The molecule has 100 valence electrons. The monoisotopic (exact) mass is 294 g/mol. The summed E-state index contributed by atoms with van der Waals surface area (Å²) in [6.45, 7) is 0. The first-order valence-corrected chi connectivity index (χ1v) is 8.25. The lowest BCUT2D eigenvalue weighted by Gasteiger charge is -2.11. The zero-order chi connectivity index (χ0) is 13.9. The van der Waals surface area contributed by atoms with Crippen molar-refractivity contribution < 1.29 is 8.42 Å². The molecule has 0 saturated carbocycles. The van der Waals surface area contributed by atoms with Crippen LogP contribution in [0.1, 0.15) is 0 Å². The maximum Gasteiger partial charge on any atom is 0.262 e. The van der Waals surface area contributed by atoms with Gasteiger partial charge >= 0.3 is 0 Å². The van der Waals surface area contributed by atoms with Crippen LogP contribution >= 0.6 is 11.8 Å². The topological polar surface area (TPSA) is 72.2 Å². The van der Waals surface area contributed by atoms with Gasteiger partial charge in [-0.25, -0.2) is 8.42 Å². The van der Waals surface area contributed by atoms with Crippen LogP contribution < -0.4 is 10.5 Å². The van der Waals surface area contributed by atoms with Crippen LogP contribution in [0, 0.1) is 0 Å². The molecule has 0 amide bonds. The Morgan fingerprint density at radius 3 is 2.53 bits per heavy atom. The fraction of sp³-hybridized carbons (Fsp3) is 0.0769. The molecule has 4 nitrogen and oxygen atoms in total. The molecule has 0 aliphatic rings. The second kappa shape index (κ2) is 5.54. The van der Waals surface area contributed by atoms with E-state index in [1.54, 1.807) is 24.3 Å². The highest BCUT2D eigenvalue weighted by Crippen LogP contribution is 2.27. The molecular weight excluding hydrogens is 280 g/mol. The number of nitrogens with one attached hydrogen (secondary N) is 1. The molecule has 0 heterocycles. The summed E-state index contributed by atoms with van der Waals surface area (Å²) in [5.41, 5.74) is 6.59. The molecule has 19 heavy (non-hydrogen) atoms. The van der Waals surface area contributed by atoms with Crippen molar-refractivity contribution >= 4 is 33.2 Å². The van der Waals surface area contributed by atoms with E-state index < -0.39 is 10.0 Å². The number of benzene rings is 2. The number of anilines is 2. The summed E-state index contributed by atoms with van der Waals surface area (Å²) in [7, 11) is -3.61. The van der Waals surface area contributed by atoms with E-state index in [-0.39, 0.29) is 4.90 Å². The molecule has 0 atom stereocenters. The van der Waals surface area contributed by atoms with Crippen molar-refractivity contribution in [3.8, 4) is 0 Å². The van der Waals surface area contributed by atoms with Crippen molar-refractivity contribution in [3.63, 3.8) is 0 Å². The summed E-state index contributed by atoms with van der Waals surface area (Å²) < 4.78 is 27.1. The van der Waals surface area contributed by atoms with Crippen LogP contribution in [0.2, 0.25) is 0 Å². The Balaban J connectivity index is 2.37. The number of hydrogen-bond donors (Lipinski definition) is 2. The highest BCUT2D eigenvalue weighted by atomic mass is 32.2. The van der Waals surface area contributed by atoms with E-state index in [0.29, 0.717) is 11.4 Å². The van der Waals surface area contributed by atoms with E-state index in [2.05, 4.69) is 4.72 Å². The first kappa shape index (κ1) is 13.8. The van der Waals surface area contributed by atoms with Crippen molar-refractivity contribution in [3.05, 3.63) is 48.5 Å². The number of sulfonamides is 1. The van der Waals surface area contributed by atoms with Gasteiger partial charge in [0.05, 0.1) is 10.6 Å². The molecule has 6 heteroatoms. The molecular formula is C13H14N2O2S2. The Hall–Kier alpha value is -1.66. The van der Waals surface area contributed by atoms with E-state index in [1.165, 1.54) is 23.9 Å². The minimum absolute atomic E-state index is 0.156. The van der Waals surface area contributed by atoms with Crippen molar-refractivity contribution in [2.24, 2.45) is 0 Å². The normalized spacial score (nSPS) is 11.2. The molecule has 0 radical (unpaired) electrons. The molecule has 0 saturated heterocycles. The third-order valence-electron chi connectivity index (χ3n) is 2.52. The average Bonchev–Trinajstić information content (AvgIpc) is 2.39. The lowest BCUT2D eigenvalue weighted by Crippen LogP contribution is -2.13. The van der Waals surface area contributed by atoms with Crippen LogP contribution in [0.3, 0.4) is 0 Å². The van der Waals surface area contributed by atoms with Crippen molar-refractivity contribution in [2.45, 2.75) is 9.79 Å². The van der Waals surface area contributed by atoms with Crippen LogP contribution in [0.25, 0.3) is 0 Å². The Kier molecular flexibility index (Phi) is 4.01. The van der Waals surface area contributed by atoms with Gasteiger partial charge in [0, 0.05) is 10.6 Å². The predicted octanol–water partition coefficient (Wildman–Crippen LogP) is 2.79. The quantitative estimate of drug-likeness (QED) is 0.672. The summed E-state index contributed by atoms with van der Waals surface area (Å²) in [5, 5.41) is 0. The van der Waals surface area contributed by atoms with Crippen LogP contribution in [-0.2, 0) is 10.0 Å². The molecule has 0 fully saturated rings. The van der Waals surface area contributed by atoms with Crippen molar-refractivity contribution in [1.82, 2.24) is 0 Å². The van der Waals surface area contributed by atoms with E-state index in [4.69, 9.17) is 5.73 Å². The summed E-state index contributed by atoms with van der Waals surface area (Å²) >= 11 is 1.48. The van der Waals surface area contributed by atoms with Gasteiger partial charge in [-0.05, 0) is 36.6 Å². The standard InChI is InChI=1S/C13H14N2O2S2/c1-18-13-8-3-2-7-12(13)15-19(16,17)11-6-4-5-10(14)9-11/h2-9,15H,14H2,1H3. The van der Waals surface area contributed by atoms with Gasteiger partial charge in [0.15, 0.2) is 0 Å². The minimum atomic E-state index is -3.61. The molecule has 0 spiro atoms. The van der Waals surface area contributed by atoms with Crippen molar-refractivity contribution in [2.75, 3.05) is 16.7 Å². The fourth-order valence-corrected chi connectivity index (χ4v) is 3.37. The van der Waals surface area contributed by atoms with Gasteiger partial charge in [-0.2, -0.15) is 0 Å². The largest absolute Gasteiger partial charge is 0.399 e. The number of hydrogen-bond acceptors (Lipinski definition) is 4.